The Morgan fingerprint density at radius 2 is 2.07 bits per heavy atom. The van der Waals surface area contributed by atoms with Crippen molar-refractivity contribution in [1.82, 2.24) is 0 Å². The molecule has 0 saturated heterocycles. The zero-order valence-electron chi connectivity index (χ0n) is 18.0. The summed E-state index contributed by atoms with van der Waals surface area (Å²) in [7, 11) is 1.66. The summed E-state index contributed by atoms with van der Waals surface area (Å²) in [5.41, 5.74) is 4.45. The van der Waals surface area contributed by atoms with Gasteiger partial charge in [-0.1, -0.05) is 38.1 Å². The lowest BCUT2D eigenvalue weighted by atomic mass is 10.0. The molecule has 0 heterocycles. The average molecular weight is 424 g/mol. The first-order valence-corrected chi connectivity index (χ1v) is 11.4. The smallest absolute Gasteiger partial charge is 0.335 e. The maximum absolute atomic E-state index is 11.4. The monoisotopic (exact) mass is 423 g/mol. The van der Waals surface area contributed by atoms with Crippen LogP contribution in [0.3, 0.4) is 0 Å². The van der Waals surface area contributed by atoms with Gasteiger partial charge in [0.15, 0.2) is 0 Å². The van der Waals surface area contributed by atoms with Crippen LogP contribution in [0.15, 0.2) is 65.2 Å². The Labute approximate surface area is 183 Å². The summed E-state index contributed by atoms with van der Waals surface area (Å²) < 4.78 is 5.77. The van der Waals surface area contributed by atoms with E-state index in [-0.39, 0.29) is 5.56 Å². The molecule has 30 heavy (non-hydrogen) atoms. The van der Waals surface area contributed by atoms with Gasteiger partial charge in [-0.2, -0.15) is 0 Å². The van der Waals surface area contributed by atoms with Crippen LogP contribution >= 0.6 is 11.8 Å². The Morgan fingerprint density at radius 3 is 2.67 bits per heavy atom. The molecule has 0 amide bonds. The number of allylic oxidation sites excluding steroid dienone is 4. The maximum Gasteiger partial charge on any atom is 0.335 e. The Kier molecular flexibility index (Phi) is 7.27. The molecule has 1 aliphatic carbocycles. The van der Waals surface area contributed by atoms with Gasteiger partial charge < -0.3 is 14.7 Å². The highest BCUT2D eigenvalue weighted by Crippen LogP contribution is 2.42. The van der Waals surface area contributed by atoms with Crippen molar-refractivity contribution in [3.05, 3.63) is 65.9 Å². The van der Waals surface area contributed by atoms with Crippen molar-refractivity contribution in [2.24, 2.45) is 5.92 Å². The first-order chi connectivity index (χ1) is 14.4. The normalized spacial score (nSPS) is 13.3. The number of nitrogens with zero attached hydrogens (tertiary/aromatic N) is 1. The largest absolute Gasteiger partial charge is 0.496 e. The summed E-state index contributed by atoms with van der Waals surface area (Å²) in [4.78, 5) is 15.0. The Hall–Kier alpha value is -2.66. The minimum atomic E-state index is -0.932. The number of methoxy groups -OCH3 is 1. The van der Waals surface area contributed by atoms with Crippen LogP contribution in [-0.2, 0) is 0 Å². The quantitative estimate of drug-likeness (QED) is 0.493. The average Bonchev–Trinajstić information content (AvgIpc) is 2.77. The third kappa shape index (κ3) is 4.90. The van der Waals surface area contributed by atoms with E-state index < -0.39 is 5.97 Å². The van der Waals surface area contributed by atoms with Gasteiger partial charge in [0, 0.05) is 28.8 Å². The Balaban J connectivity index is 2.14. The molecule has 2 aromatic carbocycles. The van der Waals surface area contributed by atoms with E-state index in [4.69, 9.17) is 4.74 Å². The van der Waals surface area contributed by atoms with Gasteiger partial charge in [0.2, 0.25) is 0 Å². The van der Waals surface area contributed by atoms with Crippen LogP contribution in [0.25, 0.3) is 11.1 Å². The number of aromatic carboxylic acids is 1. The molecule has 0 radical (unpaired) electrons. The SMILES string of the molecule is COc1cc(N(CC(C)C)C2=CC=CCC2)c(SC)cc1-c1cccc(C(=O)O)c1. The summed E-state index contributed by atoms with van der Waals surface area (Å²) in [6, 6.07) is 11.2. The fourth-order valence-electron chi connectivity index (χ4n) is 3.69. The van der Waals surface area contributed by atoms with Crippen LogP contribution in [0.1, 0.15) is 37.0 Å². The third-order valence-corrected chi connectivity index (χ3v) is 5.87. The molecule has 158 valence electrons. The van der Waals surface area contributed by atoms with Gasteiger partial charge in [-0.3, -0.25) is 0 Å². The van der Waals surface area contributed by atoms with E-state index in [1.165, 1.54) is 5.70 Å². The predicted molar refractivity (Wildman–Crippen MR) is 126 cm³/mol. The van der Waals surface area contributed by atoms with Gasteiger partial charge in [-0.15, -0.1) is 11.8 Å². The summed E-state index contributed by atoms with van der Waals surface area (Å²) in [5, 5.41) is 9.37. The van der Waals surface area contributed by atoms with Crippen molar-refractivity contribution < 1.29 is 14.6 Å². The van der Waals surface area contributed by atoms with E-state index in [2.05, 4.69) is 55.4 Å². The van der Waals surface area contributed by atoms with E-state index in [9.17, 15) is 9.90 Å². The molecule has 0 atom stereocenters. The molecule has 1 aliphatic rings. The number of carboxylic acids is 1. The molecule has 2 aromatic rings. The second-order valence-electron chi connectivity index (χ2n) is 7.74. The van der Waals surface area contributed by atoms with Gasteiger partial charge in [-0.05, 0) is 54.9 Å². The van der Waals surface area contributed by atoms with Crippen LogP contribution in [0.5, 0.6) is 5.75 Å². The van der Waals surface area contributed by atoms with Gasteiger partial charge >= 0.3 is 5.97 Å². The van der Waals surface area contributed by atoms with Gasteiger partial charge in [-0.25, -0.2) is 4.79 Å². The fourth-order valence-corrected chi connectivity index (χ4v) is 4.30. The molecule has 0 unspecified atom stereocenters. The van der Waals surface area contributed by atoms with Crippen molar-refractivity contribution in [2.45, 2.75) is 31.6 Å². The molecular formula is C25H29NO3S. The summed E-state index contributed by atoms with van der Waals surface area (Å²) in [5.74, 6) is 0.313. The van der Waals surface area contributed by atoms with Gasteiger partial charge in [0.1, 0.15) is 5.75 Å². The van der Waals surface area contributed by atoms with Gasteiger partial charge in [0.25, 0.3) is 0 Å². The minimum Gasteiger partial charge on any atom is -0.496 e. The van der Waals surface area contributed by atoms with Crippen LogP contribution in [-0.4, -0.2) is 31.0 Å². The number of carbonyl (C=O) groups is 1. The number of anilines is 1. The highest BCUT2D eigenvalue weighted by atomic mass is 32.2. The molecule has 4 nitrogen and oxygen atoms in total. The van der Waals surface area contributed by atoms with Crippen LogP contribution in [0, 0.1) is 5.92 Å². The fraction of sp³-hybridized carbons (Fsp3) is 0.320. The summed E-state index contributed by atoms with van der Waals surface area (Å²) >= 11 is 1.69. The lowest BCUT2D eigenvalue weighted by Gasteiger charge is -2.32. The van der Waals surface area contributed by atoms with Crippen LogP contribution < -0.4 is 9.64 Å². The first kappa shape index (κ1) is 22.0. The third-order valence-electron chi connectivity index (χ3n) is 5.10. The van der Waals surface area contributed by atoms with E-state index >= 15 is 0 Å². The van der Waals surface area contributed by atoms with E-state index in [1.54, 1.807) is 37.1 Å². The molecular weight excluding hydrogens is 394 g/mol. The molecule has 0 fully saturated rings. The Morgan fingerprint density at radius 1 is 1.27 bits per heavy atom. The lowest BCUT2D eigenvalue weighted by molar-refractivity contribution is 0.0697. The second kappa shape index (κ2) is 9.90. The molecule has 0 spiro atoms. The van der Waals surface area contributed by atoms with Crippen LogP contribution in [0.4, 0.5) is 5.69 Å². The second-order valence-corrected chi connectivity index (χ2v) is 8.59. The summed E-state index contributed by atoms with van der Waals surface area (Å²) in [6.07, 6.45) is 10.7. The number of hydrogen-bond acceptors (Lipinski definition) is 4. The summed E-state index contributed by atoms with van der Waals surface area (Å²) in [6.45, 7) is 5.38. The highest BCUT2D eigenvalue weighted by Gasteiger charge is 2.21. The molecule has 0 aliphatic heterocycles. The molecule has 0 bridgehead atoms. The molecule has 3 rings (SSSR count). The van der Waals surface area contributed by atoms with Crippen molar-refractivity contribution in [2.75, 3.05) is 24.8 Å². The van der Waals surface area contributed by atoms with Crippen molar-refractivity contribution in [3.8, 4) is 16.9 Å². The van der Waals surface area contributed by atoms with Crippen molar-refractivity contribution in [1.29, 1.82) is 0 Å². The standard InChI is InChI=1S/C25H29NO3S/c1-17(2)16-26(20-11-6-5-7-12-20)22-15-23(29-3)21(14-24(22)30-4)18-9-8-10-19(13-18)25(27)28/h5-6,8-11,13-15,17H,7,12,16H2,1-4H3,(H,27,28). The number of carboxylic acid groups (broad SMARTS) is 1. The molecule has 0 saturated carbocycles. The van der Waals surface area contributed by atoms with E-state index in [1.807, 2.05) is 6.07 Å². The molecule has 0 aromatic heterocycles. The number of thioether (sulfide) groups is 1. The lowest BCUT2D eigenvalue weighted by Crippen LogP contribution is -2.28. The van der Waals surface area contributed by atoms with Gasteiger partial charge in [0.05, 0.1) is 18.4 Å². The zero-order valence-corrected chi connectivity index (χ0v) is 18.8. The first-order valence-electron chi connectivity index (χ1n) is 10.2. The Bertz CT molecular complexity index is 978. The maximum atomic E-state index is 11.4. The topological polar surface area (TPSA) is 49.8 Å². The minimum absolute atomic E-state index is 0.268. The number of rotatable bonds is 8. The van der Waals surface area contributed by atoms with Crippen LogP contribution in [0.2, 0.25) is 0 Å². The van der Waals surface area contributed by atoms with Crippen molar-refractivity contribution >= 4 is 23.4 Å². The predicted octanol–water partition coefficient (Wildman–Crippen LogP) is 6.48. The number of ether oxygens (including phenoxy) is 1. The zero-order chi connectivity index (χ0) is 21.7. The number of benzene rings is 2. The highest BCUT2D eigenvalue weighted by molar-refractivity contribution is 7.98. The van der Waals surface area contributed by atoms with E-state index in [0.717, 1.165) is 46.8 Å². The van der Waals surface area contributed by atoms with Crippen molar-refractivity contribution in [3.63, 3.8) is 0 Å². The molecule has 5 heteroatoms. The van der Waals surface area contributed by atoms with E-state index in [0.29, 0.717) is 5.92 Å². The number of hydrogen-bond donors (Lipinski definition) is 1. The molecule has 1 N–H and O–H groups in total.